The van der Waals surface area contributed by atoms with Gasteiger partial charge in [-0.3, -0.25) is 4.79 Å². The van der Waals surface area contributed by atoms with E-state index in [1.165, 1.54) is 5.56 Å². The Hall–Kier alpha value is -3.60. The predicted octanol–water partition coefficient (Wildman–Crippen LogP) is 5.33. The van der Waals surface area contributed by atoms with E-state index in [1.54, 1.807) is 0 Å². The fourth-order valence-electron chi connectivity index (χ4n) is 4.59. The van der Waals surface area contributed by atoms with E-state index < -0.39 is 0 Å². The first kappa shape index (κ1) is 21.3. The van der Waals surface area contributed by atoms with Gasteiger partial charge in [-0.1, -0.05) is 60.2 Å². The zero-order valence-electron chi connectivity index (χ0n) is 19.0. The van der Waals surface area contributed by atoms with Crippen LogP contribution in [0.5, 0.6) is 5.75 Å². The monoisotopic (exact) mass is 439 g/mol. The molecule has 1 atom stereocenters. The molecular weight excluding hydrogens is 410 g/mol. The number of likely N-dealkylation sites (tertiary alicyclic amines) is 1. The molecule has 1 fully saturated rings. The summed E-state index contributed by atoms with van der Waals surface area (Å²) < 4.78 is 8.23. The van der Waals surface area contributed by atoms with E-state index in [9.17, 15) is 4.79 Å². The first-order valence-corrected chi connectivity index (χ1v) is 11.6. The molecule has 0 bridgehead atoms. The number of aryl methyl sites for hydroxylation is 2. The summed E-state index contributed by atoms with van der Waals surface area (Å²) in [6.45, 7) is 4.88. The molecule has 1 saturated heterocycles. The largest absolute Gasteiger partial charge is 0.494 e. The third-order valence-electron chi connectivity index (χ3n) is 6.30. The van der Waals surface area contributed by atoms with Crippen molar-refractivity contribution in [1.82, 2.24) is 14.5 Å². The van der Waals surface area contributed by atoms with Crippen molar-refractivity contribution in [2.75, 3.05) is 13.2 Å². The van der Waals surface area contributed by atoms with E-state index in [2.05, 4.69) is 54.0 Å². The number of benzene rings is 3. The van der Waals surface area contributed by atoms with Crippen molar-refractivity contribution in [3.05, 3.63) is 95.8 Å². The van der Waals surface area contributed by atoms with Crippen LogP contribution < -0.4 is 4.74 Å². The van der Waals surface area contributed by atoms with E-state index in [0.29, 0.717) is 26.1 Å². The summed E-state index contributed by atoms with van der Waals surface area (Å²) in [4.78, 5) is 19.7. The highest BCUT2D eigenvalue weighted by Crippen LogP contribution is 2.31. The molecule has 0 saturated carbocycles. The summed E-state index contributed by atoms with van der Waals surface area (Å²) in [7, 11) is 0. The van der Waals surface area contributed by atoms with Gasteiger partial charge in [0, 0.05) is 32.0 Å². The first-order chi connectivity index (χ1) is 16.2. The Bertz CT molecular complexity index is 1230. The third-order valence-corrected chi connectivity index (χ3v) is 6.30. The molecule has 5 rings (SSSR count). The number of hydrogen-bond acceptors (Lipinski definition) is 3. The molecule has 1 aliphatic heterocycles. The Kier molecular flexibility index (Phi) is 6.11. The minimum absolute atomic E-state index is 0.103. The van der Waals surface area contributed by atoms with Crippen LogP contribution in [0.25, 0.3) is 11.0 Å². The van der Waals surface area contributed by atoms with Gasteiger partial charge in [0.05, 0.1) is 17.6 Å². The standard InChI is InChI=1S/C28H29N3O2/c1-21-12-14-24(15-13-21)33-17-7-16-31-26-11-6-5-10-25(26)29-28(31)23-18-27(32)30(20-23)19-22-8-3-2-4-9-22/h2-6,8-15,23H,7,16-20H2,1H3. The van der Waals surface area contributed by atoms with Crippen LogP contribution in [-0.4, -0.2) is 33.5 Å². The zero-order chi connectivity index (χ0) is 22.6. The topological polar surface area (TPSA) is 47.4 Å². The van der Waals surface area contributed by atoms with Crippen LogP contribution >= 0.6 is 0 Å². The highest BCUT2D eigenvalue weighted by atomic mass is 16.5. The van der Waals surface area contributed by atoms with Gasteiger partial charge in [0.15, 0.2) is 0 Å². The lowest BCUT2D eigenvalue weighted by atomic mass is 10.1. The van der Waals surface area contributed by atoms with Gasteiger partial charge in [-0.05, 0) is 43.2 Å². The Morgan fingerprint density at radius 2 is 1.73 bits per heavy atom. The average molecular weight is 440 g/mol. The number of carbonyl (C=O) groups is 1. The molecule has 2 heterocycles. The smallest absolute Gasteiger partial charge is 0.223 e. The Morgan fingerprint density at radius 1 is 0.970 bits per heavy atom. The van der Waals surface area contributed by atoms with Crippen LogP contribution in [0.2, 0.25) is 0 Å². The van der Waals surface area contributed by atoms with Crippen molar-refractivity contribution in [3.63, 3.8) is 0 Å². The van der Waals surface area contributed by atoms with Crippen molar-refractivity contribution in [2.45, 2.75) is 38.8 Å². The molecule has 4 aromatic rings. The minimum Gasteiger partial charge on any atom is -0.494 e. The number of para-hydroxylation sites is 2. The Balaban J connectivity index is 1.30. The van der Waals surface area contributed by atoms with Crippen LogP contribution in [0.15, 0.2) is 78.9 Å². The van der Waals surface area contributed by atoms with E-state index in [4.69, 9.17) is 9.72 Å². The number of amides is 1. The van der Waals surface area contributed by atoms with Crippen molar-refractivity contribution in [2.24, 2.45) is 0 Å². The molecule has 0 aliphatic carbocycles. The van der Waals surface area contributed by atoms with Gasteiger partial charge in [-0.15, -0.1) is 0 Å². The van der Waals surface area contributed by atoms with Crippen LogP contribution in [0.1, 0.15) is 35.7 Å². The van der Waals surface area contributed by atoms with E-state index in [0.717, 1.165) is 41.1 Å². The third kappa shape index (κ3) is 4.77. The van der Waals surface area contributed by atoms with Crippen LogP contribution in [-0.2, 0) is 17.9 Å². The Labute approximate surface area is 194 Å². The molecule has 5 nitrogen and oxygen atoms in total. The second-order valence-corrected chi connectivity index (χ2v) is 8.79. The maximum atomic E-state index is 12.8. The summed E-state index contributed by atoms with van der Waals surface area (Å²) >= 11 is 0. The molecular formula is C28H29N3O2. The number of carbonyl (C=O) groups excluding carboxylic acids is 1. The lowest BCUT2D eigenvalue weighted by Crippen LogP contribution is -2.24. The number of hydrogen-bond donors (Lipinski definition) is 0. The second kappa shape index (κ2) is 9.49. The SMILES string of the molecule is Cc1ccc(OCCCn2c(C3CC(=O)N(Cc4ccccc4)C3)nc3ccccc32)cc1. The first-order valence-electron chi connectivity index (χ1n) is 11.6. The van der Waals surface area contributed by atoms with Gasteiger partial charge >= 0.3 is 0 Å². The van der Waals surface area contributed by atoms with Crippen LogP contribution in [0.4, 0.5) is 0 Å². The number of rotatable bonds is 8. The number of fused-ring (bicyclic) bond motifs is 1. The van der Waals surface area contributed by atoms with Crippen LogP contribution in [0.3, 0.4) is 0 Å². The fraction of sp³-hybridized carbons (Fsp3) is 0.286. The maximum absolute atomic E-state index is 12.8. The summed E-state index contributed by atoms with van der Waals surface area (Å²) in [5.74, 6) is 2.21. The van der Waals surface area contributed by atoms with Gasteiger partial charge in [0.1, 0.15) is 11.6 Å². The molecule has 1 unspecified atom stereocenters. The van der Waals surface area contributed by atoms with Crippen molar-refractivity contribution >= 4 is 16.9 Å². The predicted molar refractivity (Wildman–Crippen MR) is 130 cm³/mol. The zero-order valence-corrected chi connectivity index (χ0v) is 19.0. The molecule has 0 spiro atoms. The average Bonchev–Trinajstić information content (AvgIpc) is 3.39. The number of ether oxygens (including phenoxy) is 1. The maximum Gasteiger partial charge on any atom is 0.223 e. The molecule has 1 aliphatic rings. The summed E-state index contributed by atoms with van der Waals surface area (Å²) in [6, 6.07) is 26.6. The molecule has 3 aromatic carbocycles. The lowest BCUT2D eigenvalue weighted by Gasteiger charge is -2.17. The van der Waals surface area contributed by atoms with Gasteiger partial charge in [-0.2, -0.15) is 0 Å². The second-order valence-electron chi connectivity index (χ2n) is 8.79. The highest BCUT2D eigenvalue weighted by molar-refractivity contribution is 5.81. The van der Waals surface area contributed by atoms with Crippen molar-refractivity contribution < 1.29 is 9.53 Å². The normalized spacial score (nSPS) is 16.0. The molecule has 5 heteroatoms. The number of nitrogens with zero attached hydrogens (tertiary/aromatic N) is 3. The molecule has 0 radical (unpaired) electrons. The Morgan fingerprint density at radius 3 is 2.55 bits per heavy atom. The highest BCUT2D eigenvalue weighted by Gasteiger charge is 2.33. The molecule has 1 amide bonds. The molecule has 33 heavy (non-hydrogen) atoms. The summed E-state index contributed by atoms with van der Waals surface area (Å²) in [5.41, 5.74) is 4.50. The lowest BCUT2D eigenvalue weighted by molar-refractivity contribution is -0.128. The summed E-state index contributed by atoms with van der Waals surface area (Å²) in [5, 5.41) is 0. The van der Waals surface area contributed by atoms with Gasteiger partial charge in [-0.25, -0.2) is 4.98 Å². The van der Waals surface area contributed by atoms with E-state index >= 15 is 0 Å². The number of imidazole rings is 1. The van der Waals surface area contributed by atoms with Gasteiger partial charge < -0.3 is 14.2 Å². The van der Waals surface area contributed by atoms with E-state index in [-0.39, 0.29) is 11.8 Å². The van der Waals surface area contributed by atoms with Crippen molar-refractivity contribution in [1.29, 1.82) is 0 Å². The molecule has 0 N–H and O–H groups in total. The number of aromatic nitrogens is 2. The quantitative estimate of drug-likeness (QED) is 0.349. The van der Waals surface area contributed by atoms with Crippen molar-refractivity contribution in [3.8, 4) is 5.75 Å². The molecule has 1 aromatic heterocycles. The van der Waals surface area contributed by atoms with E-state index in [1.807, 2.05) is 41.3 Å². The summed E-state index contributed by atoms with van der Waals surface area (Å²) in [6.07, 6.45) is 1.38. The van der Waals surface area contributed by atoms with Gasteiger partial charge in [0.2, 0.25) is 5.91 Å². The minimum atomic E-state index is 0.103. The van der Waals surface area contributed by atoms with Crippen LogP contribution in [0, 0.1) is 6.92 Å². The molecule has 168 valence electrons. The fourth-order valence-corrected chi connectivity index (χ4v) is 4.59. The van der Waals surface area contributed by atoms with Gasteiger partial charge in [0.25, 0.3) is 0 Å².